The first kappa shape index (κ1) is 25.8. The largest absolute Gasteiger partial charge is 0.507 e. The standard InChI is InChI=1S/C27H24FN3O5S.H2/c1-15-12-16(2)25(17(3)13-15)36-27-20(9-10-22(30-27)21-14-19(28)8-11-23(21)32)26(33)31-37(34,35)24-7-5-6-18(4)29-24;/h5-14,32H,1-4H3,(H,31,33);1H. The highest BCUT2D eigenvalue weighted by Crippen LogP contribution is 2.35. The monoisotopic (exact) mass is 523 g/mol. The molecule has 0 bridgehead atoms. The lowest BCUT2D eigenvalue weighted by Gasteiger charge is -2.16. The second kappa shape index (κ2) is 9.98. The maximum atomic E-state index is 13.9. The molecule has 0 aliphatic heterocycles. The van der Waals surface area contributed by atoms with Crippen LogP contribution >= 0.6 is 0 Å². The number of hydrogen-bond acceptors (Lipinski definition) is 7. The first-order valence-corrected chi connectivity index (χ1v) is 12.7. The van der Waals surface area contributed by atoms with Crippen LogP contribution in [0.2, 0.25) is 0 Å². The lowest BCUT2D eigenvalue weighted by molar-refractivity contribution is 0.0978. The molecule has 10 heteroatoms. The highest BCUT2D eigenvalue weighted by molar-refractivity contribution is 7.90. The first-order chi connectivity index (χ1) is 17.4. The highest BCUT2D eigenvalue weighted by atomic mass is 32.2. The molecule has 2 heterocycles. The van der Waals surface area contributed by atoms with Gasteiger partial charge in [-0.15, -0.1) is 0 Å². The maximum Gasteiger partial charge on any atom is 0.281 e. The molecular formula is C27H26FN3O5S. The van der Waals surface area contributed by atoms with Crippen molar-refractivity contribution >= 4 is 15.9 Å². The van der Waals surface area contributed by atoms with Crippen LogP contribution in [0.25, 0.3) is 11.3 Å². The van der Waals surface area contributed by atoms with E-state index in [0.29, 0.717) is 11.4 Å². The summed E-state index contributed by atoms with van der Waals surface area (Å²) in [6, 6.07) is 14.2. The van der Waals surface area contributed by atoms with E-state index in [0.717, 1.165) is 28.8 Å². The molecular weight excluding hydrogens is 497 g/mol. The molecule has 0 radical (unpaired) electrons. The number of phenols is 1. The van der Waals surface area contributed by atoms with E-state index in [9.17, 15) is 22.7 Å². The molecule has 8 nitrogen and oxygen atoms in total. The number of carbonyl (C=O) groups is 1. The summed E-state index contributed by atoms with van der Waals surface area (Å²) in [5, 5.41) is 9.94. The number of aromatic nitrogens is 2. The second-order valence-corrected chi connectivity index (χ2v) is 10.2. The number of amides is 1. The zero-order chi connectivity index (χ0) is 26.9. The summed E-state index contributed by atoms with van der Waals surface area (Å²) in [5.74, 6) is -1.62. The highest BCUT2D eigenvalue weighted by Gasteiger charge is 2.25. The normalized spacial score (nSPS) is 11.3. The number of phenolic OH excluding ortho intramolecular Hbond substituents is 1. The SMILES string of the molecule is Cc1cc(C)c(Oc2nc(-c3cc(F)ccc3O)ccc2C(=O)NS(=O)(=O)c2cccc(C)n2)c(C)c1.[HH]. The molecule has 0 atom stereocenters. The molecule has 4 rings (SSSR count). The molecule has 0 saturated heterocycles. The summed E-state index contributed by atoms with van der Waals surface area (Å²) < 4.78 is 47.6. The Labute approximate surface area is 215 Å². The Bertz CT molecular complexity index is 1620. The van der Waals surface area contributed by atoms with Crippen molar-refractivity contribution in [3.8, 4) is 28.6 Å². The maximum absolute atomic E-state index is 13.9. The van der Waals surface area contributed by atoms with Crippen LogP contribution in [-0.2, 0) is 10.0 Å². The Balaban J connectivity index is 0.00000400. The fourth-order valence-electron chi connectivity index (χ4n) is 3.88. The lowest BCUT2D eigenvalue weighted by Crippen LogP contribution is -2.31. The van der Waals surface area contributed by atoms with Gasteiger partial charge in [0.2, 0.25) is 5.88 Å². The van der Waals surface area contributed by atoms with Crippen LogP contribution < -0.4 is 9.46 Å². The van der Waals surface area contributed by atoms with Crippen LogP contribution in [0.3, 0.4) is 0 Å². The molecule has 192 valence electrons. The molecule has 2 aromatic heterocycles. The number of aromatic hydroxyl groups is 1. The number of sulfonamides is 1. The number of hydrogen-bond donors (Lipinski definition) is 2. The predicted molar refractivity (Wildman–Crippen MR) is 138 cm³/mol. The fraction of sp³-hybridized carbons (Fsp3) is 0.148. The van der Waals surface area contributed by atoms with Crippen molar-refractivity contribution in [2.75, 3.05) is 0 Å². The average molecular weight is 524 g/mol. The molecule has 0 spiro atoms. The minimum atomic E-state index is -4.30. The number of nitrogens with zero attached hydrogens (tertiary/aromatic N) is 2. The Morgan fingerprint density at radius 3 is 2.35 bits per heavy atom. The molecule has 2 aromatic carbocycles. The van der Waals surface area contributed by atoms with Crippen molar-refractivity contribution < 1.29 is 28.9 Å². The smallest absolute Gasteiger partial charge is 0.281 e. The van der Waals surface area contributed by atoms with E-state index in [1.807, 2.05) is 37.6 Å². The minimum absolute atomic E-state index is 0. The van der Waals surface area contributed by atoms with E-state index >= 15 is 0 Å². The molecule has 1 amide bonds. The minimum Gasteiger partial charge on any atom is -0.507 e. The molecule has 0 unspecified atom stereocenters. The van der Waals surface area contributed by atoms with Crippen molar-refractivity contribution in [2.24, 2.45) is 0 Å². The zero-order valence-corrected chi connectivity index (χ0v) is 21.4. The Morgan fingerprint density at radius 1 is 0.973 bits per heavy atom. The number of aryl methyl sites for hydroxylation is 4. The average Bonchev–Trinajstić information content (AvgIpc) is 2.82. The molecule has 37 heavy (non-hydrogen) atoms. The number of benzene rings is 2. The Morgan fingerprint density at radius 2 is 1.68 bits per heavy atom. The number of carbonyl (C=O) groups excluding carboxylic acids is 1. The van der Waals surface area contributed by atoms with Gasteiger partial charge in [-0.3, -0.25) is 4.79 Å². The number of ether oxygens (including phenoxy) is 1. The summed E-state index contributed by atoms with van der Waals surface area (Å²) in [5.41, 5.74) is 3.01. The third-order valence-electron chi connectivity index (χ3n) is 5.51. The Kier molecular flexibility index (Phi) is 6.95. The summed E-state index contributed by atoms with van der Waals surface area (Å²) in [7, 11) is -4.30. The summed E-state index contributed by atoms with van der Waals surface area (Å²) in [6.07, 6.45) is 0. The molecule has 4 aromatic rings. The van der Waals surface area contributed by atoms with E-state index in [1.54, 1.807) is 13.0 Å². The van der Waals surface area contributed by atoms with Gasteiger partial charge in [-0.25, -0.2) is 19.1 Å². The second-order valence-electron chi connectivity index (χ2n) is 8.59. The van der Waals surface area contributed by atoms with Gasteiger partial charge in [-0.05, 0) is 81.3 Å². The summed E-state index contributed by atoms with van der Waals surface area (Å²) >= 11 is 0. The number of nitrogens with one attached hydrogen (secondary N) is 1. The van der Waals surface area contributed by atoms with E-state index in [1.165, 1.54) is 30.3 Å². The van der Waals surface area contributed by atoms with Crippen molar-refractivity contribution in [1.82, 2.24) is 14.7 Å². The van der Waals surface area contributed by atoms with Gasteiger partial charge in [0.05, 0.1) is 5.69 Å². The summed E-state index contributed by atoms with van der Waals surface area (Å²) in [4.78, 5) is 21.5. The first-order valence-electron chi connectivity index (χ1n) is 11.2. The summed E-state index contributed by atoms with van der Waals surface area (Å²) in [6.45, 7) is 7.21. The molecule has 0 fully saturated rings. The van der Waals surface area contributed by atoms with Gasteiger partial charge in [0.15, 0.2) is 5.03 Å². The van der Waals surface area contributed by atoms with Crippen LogP contribution in [0, 0.1) is 33.5 Å². The Hall–Kier alpha value is -4.31. The molecule has 2 N–H and O–H groups in total. The van der Waals surface area contributed by atoms with E-state index < -0.39 is 21.7 Å². The molecule has 0 saturated carbocycles. The topological polar surface area (TPSA) is 118 Å². The van der Waals surface area contributed by atoms with Crippen molar-refractivity contribution in [2.45, 2.75) is 32.7 Å². The van der Waals surface area contributed by atoms with E-state index in [-0.39, 0.29) is 34.9 Å². The number of rotatable bonds is 6. The van der Waals surface area contributed by atoms with Crippen LogP contribution in [0.1, 0.15) is 34.2 Å². The fourth-order valence-corrected chi connectivity index (χ4v) is 4.86. The number of halogens is 1. The van der Waals surface area contributed by atoms with Gasteiger partial charge in [0.25, 0.3) is 15.9 Å². The van der Waals surface area contributed by atoms with Gasteiger partial charge in [0.1, 0.15) is 22.9 Å². The van der Waals surface area contributed by atoms with Gasteiger partial charge in [0, 0.05) is 12.7 Å². The lowest BCUT2D eigenvalue weighted by atomic mass is 10.1. The number of pyridine rings is 2. The van der Waals surface area contributed by atoms with Crippen molar-refractivity contribution in [3.63, 3.8) is 0 Å². The van der Waals surface area contributed by atoms with E-state index in [4.69, 9.17) is 4.74 Å². The third kappa shape index (κ3) is 5.59. The van der Waals surface area contributed by atoms with Gasteiger partial charge in [-0.1, -0.05) is 23.8 Å². The predicted octanol–water partition coefficient (Wildman–Crippen LogP) is 5.38. The quantitative estimate of drug-likeness (QED) is 0.348. The van der Waals surface area contributed by atoms with Crippen LogP contribution in [-0.4, -0.2) is 29.4 Å². The van der Waals surface area contributed by atoms with Gasteiger partial charge >= 0.3 is 0 Å². The zero-order valence-electron chi connectivity index (χ0n) is 20.5. The van der Waals surface area contributed by atoms with Crippen LogP contribution in [0.15, 0.2) is 65.7 Å². The van der Waals surface area contributed by atoms with Crippen molar-refractivity contribution in [3.05, 3.63) is 94.4 Å². The molecule has 0 aliphatic rings. The van der Waals surface area contributed by atoms with E-state index in [2.05, 4.69) is 9.97 Å². The molecule has 0 aliphatic carbocycles. The van der Waals surface area contributed by atoms with Gasteiger partial charge < -0.3 is 9.84 Å². The van der Waals surface area contributed by atoms with Crippen LogP contribution in [0.5, 0.6) is 17.4 Å². The van der Waals surface area contributed by atoms with Crippen molar-refractivity contribution in [1.29, 1.82) is 0 Å². The van der Waals surface area contributed by atoms with Gasteiger partial charge in [-0.2, -0.15) is 8.42 Å². The van der Waals surface area contributed by atoms with Crippen LogP contribution in [0.4, 0.5) is 4.39 Å². The third-order valence-corrected chi connectivity index (χ3v) is 6.74.